The average Bonchev–Trinajstić information content (AvgIpc) is 2.35. The highest BCUT2D eigenvalue weighted by molar-refractivity contribution is 5.87. The van der Waals surface area contributed by atoms with Crippen LogP contribution in [0.2, 0.25) is 0 Å². The summed E-state index contributed by atoms with van der Waals surface area (Å²) >= 11 is 0. The van der Waals surface area contributed by atoms with E-state index in [-0.39, 0.29) is 12.1 Å². The van der Waals surface area contributed by atoms with E-state index in [1.165, 1.54) is 20.1 Å². The summed E-state index contributed by atoms with van der Waals surface area (Å²) in [7, 11) is 1.21. The van der Waals surface area contributed by atoms with Crippen LogP contribution >= 0.6 is 0 Å². The highest BCUT2D eigenvalue weighted by atomic mass is 16.6. The number of ether oxygens (including phenoxy) is 1. The number of rotatable bonds is 4. The minimum atomic E-state index is -1.07. The quantitative estimate of drug-likeness (QED) is 0.342. The van der Waals surface area contributed by atoms with Crippen LogP contribution in [0.4, 0.5) is 5.69 Å². The summed E-state index contributed by atoms with van der Waals surface area (Å²) in [5, 5.41) is 10.6. The summed E-state index contributed by atoms with van der Waals surface area (Å²) in [5.74, 6) is -0.577. The van der Waals surface area contributed by atoms with Crippen molar-refractivity contribution >= 4 is 11.7 Å². The minimum absolute atomic E-state index is 0.0998. The van der Waals surface area contributed by atoms with E-state index in [0.717, 1.165) is 10.8 Å². The lowest BCUT2D eigenvalue weighted by Crippen LogP contribution is -2.30. The molecule has 102 valence electrons. The van der Waals surface area contributed by atoms with E-state index in [1.54, 1.807) is 0 Å². The van der Waals surface area contributed by atoms with Gasteiger partial charge in [-0.25, -0.2) is 9.59 Å². The predicted octanol–water partition coefficient (Wildman–Crippen LogP) is -0.436. The number of nitrogens with zero attached hydrogens (tertiary/aromatic N) is 2. The van der Waals surface area contributed by atoms with Crippen LogP contribution in [0.5, 0.6) is 0 Å². The van der Waals surface area contributed by atoms with E-state index in [1.807, 2.05) is 4.98 Å². The molecule has 0 atom stereocenters. The van der Waals surface area contributed by atoms with E-state index in [0.29, 0.717) is 0 Å². The predicted molar refractivity (Wildman–Crippen MR) is 63.8 cm³/mol. The number of nitrogens with one attached hydrogen (secondary N) is 1. The Morgan fingerprint density at radius 2 is 2.21 bits per heavy atom. The number of aromatic nitrogens is 2. The second-order valence-electron chi connectivity index (χ2n) is 3.56. The summed E-state index contributed by atoms with van der Waals surface area (Å²) in [4.78, 5) is 45.1. The SMILES string of the molecule is COC(=O)C(C)=CCn1cc([N+](=O)[O-])c(=O)[nH]c1=O. The zero-order valence-corrected chi connectivity index (χ0v) is 10.2. The van der Waals surface area contributed by atoms with Crippen molar-refractivity contribution in [3.63, 3.8) is 0 Å². The number of nitro groups is 1. The third kappa shape index (κ3) is 3.37. The van der Waals surface area contributed by atoms with Crippen LogP contribution in [-0.4, -0.2) is 27.6 Å². The maximum absolute atomic E-state index is 11.4. The Morgan fingerprint density at radius 3 is 2.74 bits per heavy atom. The molecule has 0 aliphatic rings. The van der Waals surface area contributed by atoms with Crippen molar-refractivity contribution in [3.05, 3.63) is 48.8 Å². The molecule has 1 aromatic rings. The van der Waals surface area contributed by atoms with E-state index in [4.69, 9.17) is 0 Å². The first-order chi connectivity index (χ1) is 8.86. The number of H-pyrrole nitrogens is 1. The van der Waals surface area contributed by atoms with Crippen LogP contribution < -0.4 is 11.2 Å². The van der Waals surface area contributed by atoms with Crippen LogP contribution in [0.25, 0.3) is 0 Å². The minimum Gasteiger partial charge on any atom is -0.466 e. The molecule has 9 nitrogen and oxygen atoms in total. The number of hydrogen-bond donors (Lipinski definition) is 1. The molecule has 1 heterocycles. The third-order valence-corrected chi connectivity index (χ3v) is 2.29. The Hall–Kier alpha value is -2.71. The molecule has 0 amide bonds. The molecule has 0 aliphatic carbocycles. The Kier molecular flexibility index (Phi) is 4.35. The largest absolute Gasteiger partial charge is 0.466 e. The summed E-state index contributed by atoms with van der Waals surface area (Å²) < 4.78 is 5.36. The van der Waals surface area contributed by atoms with Crippen LogP contribution in [0.3, 0.4) is 0 Å². The summed E-state index contributed by atoms with van der Waals surface area (Å²) in [5.41, 5.74) is -2.38. The van der Waals surface area contributed by atoms with Crippen LogP contribution in [0.15, 0.2) is 27.4 Å². The maximum atomic E-state index is 11.4. The molecule has 0 aromatic carbocycles. The molecule has 0 bridgehead atoms. The standard InChI is InChI=1S/C10H11N3O6/c1-6(9(15)19-2)3-4-12-5-7(13(17)18)8(14)11-10(12)16/h3,5H,4H2,1-2H3,(H,11,14,16). The van der Waals surface area contributed by atoms with Gasteiger partial charge in [0.1, 0.15) is 0 Å². The molecule has 0 aliphatic heterocycles. The van der Waals surface area contributed by atoms with Gasteiger partial charge in [-0.2, -0.15) is 0 Å². The Bertz CT molecular complexity index is 654. The molecule has 1 N–H and O–H groups in total. The maximum Gasteiger partial charge on any atom is 0.350 e. The van der Waals surface area contributed by atoms with E-state index in [9.17, 15) is 24.5 Å². The second kappa shape index (κ2) is 5.76. The fourth-order valence-electron chi connectivity index (χ4n) is 1.24. The van der Waals surface area contributed by atoms with Gasteiger partial charge in [0.05, 0.1) is 18.2 Å². The molecule has 0 saturated carbocycles. The monoisotopic (exact) mass is 269 g/mol. The Balaban J connectivity index is 3.13. The first-order valence-corrected chi connectivity index (χ1v) is 5.10. The first-order valence-electron chi connectivity index (χ1n) is 5.10. The third-order valence-electron chi connectivity index (χ3n) is 2.29. The number of allylic oxidation sites excluding steroid dienone is 1. The normalized spacial score (nSPS) is 11.2. The van der Waals surface area contributed by atoms with Crippen molar-refractivity contribution < 1.29 is 14.5 Å². The highest BCUT2D eigenvalue weighted by Crippen LogP contribution is 2.01. The summed E-state index contributed by atoms with van der Waals surface area (Å²) in [6, 6.07) is 0. The fourth-order valence-corrected chi connectivity index (χ4v) is 1.24. The molecule has 0 saturated heterocycles. The number of carbonyl (C=O) groups is 1. The molecule has 0 radical (unpaired) electrons. The number of methoxy groups -OCH3 is 1. The molecular weight excluding hydrogens is 258 g/mol. The topological polar surface area (TPSA) is 124 Å². The van der Waals surface area contributed by atoms with Crippen LogP contribution in [0, 0.1) is 10.1 Å². The molecule has 0 spiro atoms. The van der Waals surface area contributed by atoms with Gasteiger partial charge in [-0.3, -0.25) is 24.5 Å². The van der Waals surface area contributed by atoms with E-state index >= 15 is 0 Å². The Morgan fingerprint density at radius 1 is 1.58 bits per heavy atom. The van der Waals surface area contributed by atoms with Crippen molar-refractivity contribution in [2.75, 3.05) is 7.11 Å². The lowest BCUT2D eigenvalue weighted by Gasteiger charge is -2.02. The van der Waals surface area contributed by atoms with Gasteiger partial charge in [-0.1, -0.05) is 6.08 Å². The van der Waals surface area contributed by atoms with Gasteiger partial charge in [-0.15, -0.1) is 0 Å². The lowest BCUT2D eigenvalue weighted by atomic mass is 10.3. The number of hydrogen-bond acceptors (Lipinski definition) is 6. The van der Waals surface area contributed by atoms with E-state index < -0.39 is 27.8 Å². The van der Waals surface area contributed by atoms with Gasteiger partial charge in [0.2, 0.25) is 0 Å². The number of carbonyl (C=O) groups excluding carboxylic acids is 1. The Labute approximate surface area is 106 Å². The molecule has 19 heavy (non-hydrogen) atoms. The molecule has 1 rings (SSSR count). The van der Waals surface area contributed by atoms with Crippen molar-refractivity contribution in [3.8, 4) is 0 Å². The van der Waals surface area contributed by atoms with Gasteiger partial charge in [0, 0.05) is 12.1 Å². The van der Waals surface area contributed by atoms with Gasteiger partial charge in [0.15, 0.2) is 0 Å². The molecule has 0 unspecified atom stereocenters. The molecule has 9 heteroatoms. The molecule has 1 aromatic heterocycles. The van der Waals surface area contributed by atoms with Crippen molar-refractivity contribution in [1.82, 2.24) is 9.55 Å². The van der Waals surface area contributed by atoms with Crippen LogP contribution in [-0.2, 0) is 16.1 Å². The second-order valence-corrected chi connectivity index (χ2v) is 3.56. The average molecular weight is 269 g/mol. The molecular formula is C10H11N3O6. The number of esters is 1. The fraction of sp³-hybridized carbons (Fsp3) is 0.300. The summed E-state index contributed by atoms with van der Waals surface area (Å²) in [6.07, 6.45) is 2.18. The van der Waals surface area contributed by atoms with Crippen molar-refractivity contribution in [2.45, 2.75) is 13.5 Å². The van der Waals surface area contributed by atoms with Gasteiger partial charge < -0.3 is 4.74 Å². The van der Waals surface area contributed by atoms with Gasteiger partial charge >= 0.3 is 22.9 Å². The molecule has 0 fully saturated rings. The van der Waals surface area contributed by atoms with E-state index in [2.05, 4.69) is 4.74 Å². The number of aromatic amines is 1. The first kappa shape index (κ1) is 14.4. The van der Waals surface area contributed by atoms with Crippen molar-refractivity contribution in [2.24, 2.45) is 0 Å². The van der Waals surface area contributed by atoms with Gasteiger partial charge in [-0.05, 0) is 6.92 Å². The van der Waals surface area contributed by atoms with Crippen molar-refractivity contribution in [1.29, 1.82) is 0 Å². The lowest BCUT2D eigenvalue weighted by molar-refractivity contribution is -0.386. The summed E-state index contributed by atoms with van der Waals surface area (Å²) in [6.45, 7) is 1.37. The zero-order valence-electron chi connectivity index (χ0n) is 10.2. The zero-order chi connectivity index (χ0) is 14.6. The smallest absolute Gasteiger partial charge is 0.350 e. The van der Waals surface area contributed by atoms with Crippen LogP contribution in [0.1, 0.15) is 6.92 Å². The highest BCUT2D eigenvalue weighted by Gasteiger charge is 2.14. The van der Waals surface area contributed by atoms with Gasteiger partial charge in [0.25, 0.3) is 0 Å².